The first kappa shape index (κ1) is 22.7. The molecule has 2 amide bonds. The van der Waals surface area contributed by atoms with Crippen molar-refractivity contribution in [3.63, 3.8) is 0 Å². The summed E-state index contributed by atoms with van der Waals surface area (Å²) >= 11 is 0. The number of amides is 2. The molecule has 1 aliphatic heterocycles. The van der Waals surface area contributed by atoms with Crippen LogP contribution in [0.3, 0.4) is 0 Å². The topological polar surface area (TPSA) is 37.3 Å². The van der Waals surface area contributed by atoms with E-state index in [0.29, 0.717) is 12.5 Å². The van der Waals surface area contributed by atoms with Crippen molar-refractivity contribution >= 4 is 11.7 Å². The Balaban J connectivity index is 1.44. The number of fused-ring (bicyclic) bond motifs is 4. The van der Waals surface area contributed by atoms with Crippen LogP contribution in [0.1, 0.15) is 72.2 Å². The molecule has 182 valence electrons. The van der Waals surface area contributed by atoms with Crippen LogP contribution in [-0.2, 0) is 19.4 Å². The summed E-state index contributed by atoms with van der Waals surface area (Å²) < 4.78 is 2.24. The second-order valence-corrected chi connectivity index (χ2v) is 10.4. The first-order chi connectivity index (χ1) is 17.6. The van der Waals surface area contributed by atoms with Crippen molar-refractivity contribution in [3.05, 3.63) is 119 Å². The largest absolute Gasteiger partial charge is 0.322 e. The summed E-state index contributed by atoms with van der Waals surface area (Å²) in [5, 5.41) is 3.33. The lowest BCUT2D eigenvalue weighted by atomic mass is 9.90. The number of carbonyl (C=O) groups excluding carboxylic acids is 1. The van der Waals surface area contributed by atoms with Crippen LogP contribution < -0.4 is 5.32 Å². The van der Waals surface area contributed by atoms with Gasteiger partial charge in [0.2, 0.25) is 0 Å². The average Bonchev–Trinajstić information content (AvgIpc) is 3.33. The molecular formula is C32H33N3O. The lowest BCUT2D eigenvalue weighted by Crippen LogP contribution is -2.38. The molecule has 1 aromatic heterocycles. The highest BCUT2D eigenvalue weighted by atomic mass is 16.2. The molecule has 0 spiro atoms. The molecule has 2 heterocycles. The molecule has 0 saturated carbocycles. The van der Waals surface area contributed by atoms with E-state index in [2.05, 4.69) is 109 Å². The Morgan fingerprint density at radius 1 is 0.861 bits per heavy atom. The van der Waals surface area contributed by atoms with Crippen LogP contribution in [0.25, 0.3) is 5.69 Å². The maximum atomic E-state index is 14.1. The minimum Gasteiger partial charge on any atom is -0.318 e. The Morgan fingerprint density at radius 3 is 2.47 bits per heavy atom. The van der Waals surface area contributed by atoms with E-state index in [9.17, 15) is 4.79 Å². The number of aryl methyl sites for hydroxylation is 1. The van der Waals surface area contributed by atoms with Crippen LogP contribution in [0, 0.1) is 0 Å². The van der Waals surface area contributed by atoms with Crippen molar-refractivity contribution < 1.29 is 4.79 Å². The number of urea groups is 1. The van der Waals surface area contributed by atoms with E-state index < -0.39 is 0 Å². The third-order valence-corrected chi connectivity index (χ3v) is 7.78. The molecule has 4 aromatic rings. The fourth-order valence-corrected chi connectivity index (χ4v) is 5.84. The SMILES string of the molecule is CC(C)c1ccc([C@H]2c3cccn3-c3ccccc3CN2C(=O)Nc2cccc3c2CCCC3)cc1. The Morgan fingerprint density at radius 2 is 1.64 bits per heavy atom. The van der Waals surface area contributed by atoms with E-state index in [-0.39, 0.29) is 12.1 Å². The van der Waals surface area contributed by atoms with Gasteiger partial charge in [0.15, 0.2) is 0 Å². The molecule has 1 aliphatic carbocycles. The van der Waals surface area contributed by atoms with E-state index in [1.807, 2.05) is 4.90 Å². The maximum Gasteiger partial charge on any atom is 0.322 e. The third-order valence-electron chi connectivity index (χ3n) is 7.78. The van der Waals surface area contributed by atoms with Crippen molar-refractivity contribution in [2.45, 2.75) is 58.0 Å². The van der Waals surface area contributed by atoms with Crippen LogP contribution in [0.15, 0.2) is 85.1 Å². The molecule has 36 heavy (non-hydrogen) atoms. The van der Waals surface area contributed by atoms with Gasteiger partial charge >= 0.3 is 6.03 Å². The monoisotopic (exact) mass is 475 g/mol. The zero-order valence-corrected chi connectivity index (χ0v) is 21.1. The zero-order valence-electron chi connectivity index (χ0n) is 21.1. The number of nitrogens with one attached hydrogen (secondary N) is 1. The van der Waals surface area contributed by atoms with Crippen molar-refractivity contribution in [1.82, 2.24) is 9.47 Å². The molecule has 0 saturated heterocycles. The molecule has 6 rings (SSSR count). The summed E-state index contributed by atoms with van der Waals surface area (Å²) in [6.07, 6.45) is 6.62. The van der Waals surface area contributed by atoms with E-state index in [0.717, 1.165) is 41.0 Å². The number of carbonyl (C=O) groups is 1. The predicted octanol–water partition coefficient (Wildman–Crippen LogP) is 7.62. The fourth-order valence-electron chi connectivity index (χ4n) is 5.84. The second kappa shape index (κ2) is 9.34. The molecular weight excluding hydrogens is 442 g/mol. The molecule has 0 radical (unpaired) electrons. The number of nitrogens with zero attached hydrogens (tertiary/aromatic N) is 2. The first-order valence-corrected chi connectivity index (χ1v) is 13.1. The van der Waals surface area contributed by atoms with Gasteiger partial charge in [0.05, 0.1) is 18.3 Å². The third kappa shape index (κ3) is 4.01. The van der Waals surface area contributed by atoms with Gasteiger partial charge in [0.25, 0.3) is 0 Å². The Kier molecular flexibility index (Phi) is 5.88. The molecule has 0 unspecified atom stereocenters. The lowest BCUT2D eigenvalue weighted by Gasteiger charge is -2.32. The van der Waals surface area contributed by atoms with Crippen molar-refractivity contribution in [3.8, 4) is 5.69 Å². The molecule has 0 bridgehead atoms. The van der Waals surface area contributed by atoms with Gasteiger partial charge in [-0.2, -0.15) is 0 Å². The number of hydrogen-bond acceptors (Lipinski definition) is 1. The Labute approximate surface area is 213 Å². The second-order valence-electron chi connectivity index (χ2n) is 10.4. The lowest BCUT2D eigenvalue weighted by molar-refractivity contribution is 0.194. The van der Waals surface area contributed by atoms with Gasteiger partial charge < -0.3 is 14.8 Å². The number of anilines is 1. The van der Waals surface area contributed by atoms with Gasteiger partial charge in [0, 0.05) is 17.6 Å². The molecule has 0 fully saturated rings. The van der Waals surface area contributed by atoms with E-state index >= 15 is 0 Å². The number of hydrogen-bond donors (Lipinski definition) is 1. The Hall–Kier alpha value is -3.79. The molecule has 3 aromatic carbocycles. The summed E-state index contributed by atoms with van der Waals surface area (Å²) in [7, 11) is 0. The van der Waals surface area contributed by atoms with Crippen molar-refractivity contribution in [1.29, 1.82) is 0 Å². The van der Waals surface area contributed by atoms with E-state index in [1.54, 1.807) is 0 Å². The normalized spacial score (nSPS) is 16.6. The van der Waals surface area contributed by atoms with Crippen LogP contribution >= 0.6 is 0 Å². The molecule has 4 heteroatoms. The van der Waals surface area contributed by atoms with Crippen LogP contribution in [0.5, 0.6) is 0 Å². The molecule has 1 N–H and O–H groups in total. The first-order valence-electron chi connectivity index (χ1n) is 13.1. The summed E-state index contributed by atoms with van der Waals surface area (Å²) in [4.78, 5) is 16.1. The number of rotatable bonds is 3. The molecule has 1 atom stereocenters. The quantitative estimate of drug-likeness (QED) is 0.325. The van der Waals surface area contributed by atoms with Gasteiger partial charge in [0.1, 0.15) is 0 Å². The Bertz CT molecular complexity index is 1400. The maximum absolute atomic E-state index is 14.1. The predicted molar refractivity (Wildman–Crippen MR) is 146 cm³/mol. The van der Waals surface area contributed by atoms with Gasteiger partial charge in [-0.3, -0.25) is 0 Å². The zero-order chi connectivity index (χ0) is 24.6. The fraction of sp³-hybridized carbons (Fsp3) is 0.281. The molecule has 4 nitrogen and oxygen atoms in total. The van der Waals surface area contributed by atoms with Crippen molar-refractivity contribution in [2.75, 3.05) is 5.32 Å². The average molecular weight is 476 g/mol. The standard InChI is InChI=1S/C32H33N3O/c1-22(2)23-16-18-25(19-17-23)31-30-15-8-20-34(30)29-14-6-4-10-26(29)21-35(31)32(36)33-28-13-7-11-24-9-3-5-12-27(24)28/h4,6-8,10-11,13-20,22,31H,3,5,9,12,21H2,1-2H3,(H,33,36)/t31-/m0/s1. The number of aromatic nitrogens is 1. The van der Waals surface area contributed by atoms with Gasteiger partial charge in [-0.05, 0) is 83.7 Å². The minimum atomic E-state index is -0.201. The van der Waals surface area contributed by atoms with Crippen LogP contribution in [0.4, 0.5) is 10.5 Å². The smallest absolute Gasteiger partial charge is 0.318 e. The van der Waals surface area contributed by atoms with E-state index in [1.165, 1.54) is 29.5 Å². The number of benzene rings is 3. The van der Waals surface area contributed by atoms with Gasteiger partial charge in [-0.25, -0.2) is 4.79 Å². The highest BCUT2D eigenvalue weighted by Crippen LogP contribution is 2.38. The van der Waals surface area contributed by atoms with Gasteiger partial charge in [-0.1, -0.05) is 68.4 Å². The highest BCUT2D eigenvalue weighted by Gasteiger charge is 2.33. The summed E-state index contributed by atoms with van der Waals surface area (Å²) in [6.45, 7) is 4.96. The summed E-state index contributed by atoms with van der Waals surface area (Å²) in [5.74, 6) is 0.463. The van der Waals surface area contributed by atoms with Gasteiger partial charge in [-0.15, -0.1) is 0 Å². The van der Waals surface area contributed by atoms with E-state index in [4.69, 9.17) is 0 Å². The summed E-state index contributed by atoms with van der Waals surface area (Å²) in [5.41, 5.74) is 9.43. The number of para-hydroxylation sites is 1. The van der Waals surface area contributed by atoms with Crippen molar-refractivity contribution in [2.24, 2.45) is 0 Å². The molecule has 2 aliphatic rings. The van der Waals surface area contributed by atoms with Crippen LogP contribution in [-0.4, -0.2) is 15.5 Å². The minimum absolute atomic E-state index is 0.0589. The highest BCUT2D eigenvalue weighted by molar-refractivity contribution is 5.91. The van der Waals surface area contributed by atoms with Crippen LogP contribution in [0.2, 0.25) is 0 Å². The summed E-state index contributed by atoms with van der Waals surface area (Å²) in [6, 6.07) is 27.5.